The molecule has 27 heavy (non-hydrogen) atoms. The quantitative estimate of drug-likeness (QED) is 0.645. The Morgan fingerprint density at radius 2 is 1.81 bits per heavy atom. The molecule has 0 saturated heterocycles. The number of halogens is 3. The molecule has 0 aliphatic rings. The monoisotopic (exact) mass is 414 g/mol. The summed E-state index contributed by atoms with van der Waals surface area (Å²) in [5, 5.41) is 1.59. The molecule has 142 valence electrons. The fourth-order valence-corrected chi connectivity index (χ4v) is 4.23. The Balaban J connectivity index is 2.00. The van der Waals surface area contributed by atoms with Crippen LogP contribution in [0.5, 0.6) is 5.75 Å². The summed E-state index contributed by atoms with van der Waals surface area (Å²) in [4.78, 5) is 3.16. The maximum Gasteiger partial charge on any atom is 0.267 e. The van der Waals surface area contributed by atoms with E-state index in [1.807, 2.05) is 0 Å². The topological polar surface area (TPSA) is 68.3 Å². The maximum atomic E-state index is 13.9. The number of benzene rings is 2. The van der Waals surface area contributed by atoms with Crippen LogP contribution < -0.4 is 9.46 Å². The van der Waals surface area contributed by atoms with Crippen LogP contribution >= 0.6 is 11.3 Å². The molecule has 1 N–H and O–H groups in total. The molecule has 0 saturated carbocycles. The summed E-state index contributed by atoms with van der Waals surface area (Å²) in [7, 11) is -4.32. The maximum absolute atomic E-state index is 13.9. The fourth-order valence-electron chi connectivity index (χ4n) is 2.31. The minimum atomic E-state index is -4.32. The van der Waals surface area contributed by atoms with Gasteiger partial charge in [0.05, 0.1) is 0 Å². The Morgan fingerprint density at radius 1 is 1.11 bits per heavy atom. The lowest BCUT2D eigenvalue weighted by Crippen LogP contribution is -2.16. The molecule has 3 aromatic rings. The summed E-state index contributed by atoms with van der Waals surface area (Å²) in [5.41, 5.74) is 0.137. The number of rotatable bonds is 6. The van der Waals surface area contributed by atoms with E-state index in [0.29, 0.717) is 12.1 Å². The van der Waals surface area contributed by atoms with Gasteiger partial charge in [-0.25, -0.2) is 26.6 Å². The normalized spacial score (nSPS) is 12.6. The zero-order valence-electron chi connectivity index (χ0n) is 13.8. The van der Waals surface area contributed by atoms with Crippen LogP contribution in [-0.2, 0) is 10.0 Å². The third-order valence-corrected chi connectivity index (χ3v) is 5.75. The van der Waals surface area contributed by atoms with Crippen molar-refractivity contribution < 1.29 is 26.3 Å². The van der Waals surface area contributed by atoms with E-state index in [-0.39, 0.29) is 10.7 Å². The Kier molecular flexibility index (Phi) is 5.38. The third kappa shape index (κ3) is 4.22. The van der Waals surface area contributed by atoms with Crippen molar-refractivity contribution in [2.24, 2.45) is 0 Å². The number of aromatic nitrogens is 1. The van der Waals surface area contributed by atoms with Gasteiger partial charge in [-0.05, 0) is 13.0 Å². The zero-order chi connectivity index (χ0) is 19.6. The van der Waals surface area contributed by atoms with Gasteiger partial charge in [-0.15, -0.1) is 11.3 Å². The molecule has 1 aromatic heterocycles. The van der Waals surface area contributed by atoms with Crippen LogP contribution in [0, 0.1) is 17.5 Å². The SMILES string of the molecule is CC(Oc1cc(F)c(F)cc1S(=O)(=O)Nc1nccs1)c1ccccc1F. The first kappa shape index (κ1) is 19.2. The predicted octanol–water partition coefficient (Wildman–Crippen LogP) is 4.50. The number of nitrogens with zero attached hydrogens (tertiary/aromatic N) is 1. The van der Waals surface area contributed by atoms with Gasteiger partial charge >= 0.3 is 0 Å². The van der Waals surface area contributed by atoms with E-state index >= 15 is 0 Å². The van der Waals surface area contributed by atoms with Crippen LogP contribution in [0.3, 0.4) is 0 Å². The van der Waals surface area contributed by atoms with Gasteiger partial charge in [0.15, 0.2) is 16.8 Å². The number of thiazole rings is 1. The largest absolute Gasteiger partial charge is 0.484 e. The highest BCUT2D eigenvalue weighted by atomic mass is 32.2. The first-order valence-electron chi connectivity index (χ1n) is 7.60. The highest BCUT2D eigenvalue weighted by Gasteiger charge is 2.26. The van der Waals surface area contributed by atoms with Crippen molar-refractivity contribution in [3.63, 3.8) is 0 Å². The van der Waals surface area contributed by atoms with Crippen molar-refractivity contribution >= 4 is 26.5 Å². The molecule has 0 bridgehead atoms. The number of anilines is 1. The smallest absolute Gasteiger partial charge is 0.267 e. The molecule has 10 heteroatoms. The van der Waals surface area contributed by atoms with E-state index in [2.05, 4.69) is 9.71 Å². The average Bonchev–Trinajstić information content (AvgIpc) is 3.10. The molecule has 2 aromatic carbocycles. The van der Waals surface area contributed by atoms with E-state index in [1.54, 1.807) is 11.4 Å². The highest BCUT2D eigenvalue weighted by molar-refractivity contribution is 7.93. The molecular formula is C17H13F3N2O3S2. The Bertz CT molecular complexity index is 1060. The molecule has 0 spiro atoms. The van der Waals surface area contributed by atoms with Gasteiger partial charge in [0.25, 0.3) is 10.0 Å². The zero-order valence-corrected chi connectivity index (χ0v) is 15.5. The summed E-state index contributed by atoms with van der Waals surface area (Å²) in [6.07, 6.45) is 0.427. The van der Waals surface area contributed by atoms with E-state index in [0.717, 1.165) is 11.3 Å². The van der Waals surface area contributed by atoms with Gasteiger partial charge in [-0.3, -0.25) is 4.72 Å². The van der Waals surface area contributed by atoms with E-state index < -0.39 is 44.2 Å². The number of hydrogen-bond acceptors (Lipinski definition) is 5. The lowest BCUT2D eigenvalue weighted by Gasteiger charge is -2.18. The van der Waals surface area contributed by atoms with Crippen molar-refractivity contribution in [2.75, 3.05) is 4.72 Å². The molecular weight excluding hydrogens is 401 g/mol. The number of sulfonamides is 1. The molecule has 3 rings (SSSR count). The van der Waals surface area contributed by atoms with Crippen LogP contribution in [0.25, 0.3) is 0 Å². The summed E-state index contributed by atoms with van der Waals surface area (Å²) < 4.78 is 74.1. The number of hydrogen-bond donors (Lipinski definition) is 1. The first-order valence-corrected chi connectivity index (χ1v) is 9.96. The van der Waals surface area contributed by atoms with Gasteiger partial charge in [0.1, 0.15) is 22.6 Å². The molecule has 1 heterocycles. The molecule has 1 atom stereocenters. The van der Waals surface area contributed by atoms with Crippen molar-refractivity contribution in [1.82, 2.24) is 4.98 Å². The summed E-state index contributed by atoms with van der Waals surface area (Å²) in [5.74, 6) is -3.68. The highest BCUT2D eigenvalue weighted by Crippen LogP contribution is 2.32. The molecule has 0 fully saturated rings. The van der Waals surface area contributed by atoms with Crippen molar-refractivity contribution in [3.8, 4) is 5.75 Å². The van der Waals surface area contributed by atoms with Crippen molar-refractivity contribution in [1.29, 1.82) is 0 Å². The standard InChI is InChI=1S/C17H13F3N2O3S2/c1-10(11-4-2-3-5-12(11)18)25-15-8-13(19)14(20)9-16(15)27(23,24)22-17-21-6-7-26-17/h2-10H,1H3,(H,21,22). The van der Waals surface area contributed by atoms with Crippen LogP contribution in [0.1, 0.15) is 18.6 Å². The van der Waals surface area contributed by atoms with Crippen LogP contribution in [-0.4, -0.2) is 13.4 Å². The number of ether oxygens (including phenoxy) is 1. The second-order valence-electron chi connectivity index (χ2n) is 5.44. The van der Waals surface area contributed by atoms with E-state index in [4.69, 9.17) is 4.74 Å². The Labute approximate surface area is 157 Å². The van der Waals surface area contributed by atoms with Gasteiger partial charge < -0.3 is 4.74 Å². The number of nitrogens with one attached hydrogen (secondary N) is 1. The first-order chi connectivity index (χ1) is 12.8. The lowest BCUT2D eigenvalue weighted by molar-refractivity contribution is 0.213. The second-order valence-corrected chi connectivity index (χ2v) is 7.98. The van der Waals surface area contributed by atoms with Gasteiger partial charge in [-0.2, -0.15) is 0 Å². The van der Waals surface area contributed by atoms with Crippen LogP contribution in [0.2, 0.25) is 0 Å². The predicted molar refractivity (Wildman–Crippen MR) is 94.7 cm³/mol. The van der Waals surface area contributed by atoms with E-state index in [1.165, 1.54) is 31.3 Å². The van der Waals surface area contributed by atoms with Crippen LogP contribution in [0.15, 0.2) is 52.9 Å². The van der Waals surface area contributed by atoms with Gasteiger partial charge in [0, 0.05) is 29.3 Å². The Hall–Kier alpha value is -2.59. The molecule has 0 radical (unpaired) electrons. The molecule has 0 aliphatic heterocycles. The summed E-state index contributed by atoms with van der Waals surface area (Å²) in [6.45, 7) is 1.46. The second kappa shape index (κ2) is 7.57. The molecule has 1 unspecified atom stereocenters. The minimum absolute atomic E-state index is 0.0489. The molecule has 5 nitrogen and oxygen atoms in total. The van der Waals surface area contributed by atoms with E-state index in [9.17, 15) is 21.6 Å². The minimum Gasteiger partial charge on any atom is -0.484 e. The van der Waals surface area contributed by atoms with Crippen molar-refractivity contribution in [3.05, 3.63) is 71.0 Å². The van der Waals surface area contributed by atoms with Crippen LogP contribution in [0.4, 0.5) is 18.3 Å². The lowest BCUT2D eigenvalue weighted by atomic mass is 10.1. The third-order valence-electron chi connectivity index (χ3n) is 3.58. The van der Waals surface area contributed by atoms with Crippen molar-refractivity contribution in [2.45, 2.75) is 17.9 Å². The fraction of sp³-hybridized carbons (Fsp3) is 0.118. The Morgan fingerprint density at radius 3 is 2.48 bits per heavy atom. The molecule has 0 amide bonds. The van der Waals surface area contributed by atoms with Gasteiger partial charge in [-0.1, -0.05) is 18.2 Å². The average molecular weight is 414 g/mol. The summed E-state index contributed by atoms with van der Waals surface area (Å²) in [6, 6.07) is 6.84. The summed E-state index contributed by atoms with van der Waals surface area (Å²) >= 11 is 1.01. The van der Waals surface area contributed by atoms with Gasteiger partial charge in [0.2, 0.25) is 0 Å². The molecule has 0 aliphatic carbocycles.